The first-order valence-electron chi connectivity index (χ1n) is 13.0. The molecule has 0 radical (unpaired) electrons. The van der Waals surface area contributed by atoms with Crippen LogP contribution in [0.2, 0.25) is 0 Å². The van der Waals surface area contributed by atoms with Crippen LogP contribution in [0.5, 0.6) is 0 Å². The van der Waals surface area contributed by atoms with E-state index in [1.54, 1.807) is 0 Å². The molecular formula is C28H48O2. The Hall–Kier alpha value is -1.31. The summed E-state index contributed by atoms with van der Waals surface area (Å²) in [5, 5.41) is 10.00. The molecule has 0 aliphatic heterocycles. The smallest absolute Gasteiger partial charge is 0.311 e. The van der Waals surface area contributed by atoms with Crippen molar-refractivity contribution in [2.75, 3.05) is 0 Å². The fourth-order valence-electron chi connectivity index (χ4n) is 4.66. The number of rotatable bonds is 20. The van der Waals surface area contributed by atoms with E-state index in [2.05, 4.69) is 13.8 Å². The predicted octanol–water partition coefficient (Wildman–Crippen LogP) is 9.14. The zero-order valence-electron chi connectivity index (χ0n) is 19.9. The van der Waals surface area contributed by atoms with Crippen LogP contribution in [0.4, 0.5) is 0 Å². The van der Waals surface area contributed by atoms with Crippen molar-refractivity contribution in [1.29, 1.82) is 0 Å². The van der Waals surface area contributed by atoms with Crippen molar-refractivity contribution in [3.8, 4) is 0 Å². The molecule has 1 rings (SSSR count). The number of hydrogen-bond donors (Lipinski definition) is 1. The largest absolute Gasteiger partial charge is 0.481 e. The second-order valence-electron chi connectivity index (χ2n) is 9.16. The first-order valence-corrected chi connectivity index (χ1v) is 13.0. The maximum absolute atomic E-state index is 12.2. The summed E-state index contributed by atoms with van der Waals surface area (Å²) in [6.45, 7) is 4.51. The lowest BCUT2D eigenvalue weighted by atomic mass is 9.79. The summed E-state index contributed by atoms with van der Waals surface area (Å²) in [4.78, 5) is 12.2. The van der Waals surface area contributed by atoms with Gasteiger partial charge in [-0.2, -0.15) is 0 Å². The Morgan fingerprint density at radius 1 is 0.667 bits per heavy atom. The van der Waals surface area contributed by atoms with Crippen LogP contribution in [0.15, 0.2) is 30.3 Å². The van der Waals surface area contributed by atoms with Gasteiger partial charge in [0.05, 0.1) is 5.92 Å². The average molecular weight is 417 g/mol. The van der Waals surface area contributed by atoms with Gasteiger partial charge in [-0.15, -0.1) is 0 Å². The number of hydrogen-bond acceptors (Lipinski definition) is 1. The minimum atomic E-state index is -0.646. The van der Waals surface area contributed by atoms with Gasteiger partial charge in [0.2, 0.25) is 0 Å². The molecule has 0 spiro atoms. The third-order valence-electron chi connectivity index (χ3n) is 6.50. The fraction of sp³-hybridized carbons (Fsp3) is 0.750. The molecule has 0 fully saturated rings. The third-order valence-corrected chi connectivity index (χ3v) is 6.50. The van der Waals surface area contributed by atoms with Crippen molar-refractivity contribution < 1.29 is 9.90 Å². The second kappa shape index (κ2) is 18.5. The summed E-state index contributed by atoms with van der Waals surface area (Å²) in [5.41, 5.74) is 0.982. The number of unbranched alkanes of at least 4 members (excludes halogenated alkanes) is 13. The number of benzene rings is 1. The van der Waals surface area contributed by atoms with E-state index in [1.165, 1.54) is 96.3 Å². The molecule has 1 N–H and O–H groups in total. The van der Waals surface area contributed by atoms with Crippen molar-refractivity contribution in [2.45, 2.75) is 129 Å². The van der Waals surface area contributed by atoms with Gasteiger partial charge in [0.25, 0.3) is 0 Å². The highest BCUT2D eigenvalue weighted by atomic mass is 16.4. The van der Waals surface area contributed by atoms with Gasteiger partial charge in [0.15, 0.2) is 0 Å². The van der Waals surface area contributed by atoms with Gasteiger partial charge in [-0.1, -0.05) is 140 Å². The van der Waals surface area contributed by atoms with E-state index in [9.17, 15) is 9.90 Å². The Kier molecular flexibility index (Phi) is 16.4. The Labute approximate surface area is 186 Å². The average Bonchev–Trinajstić information content (AvgIpc) is 2.75. The highest BCUT2D eigenvalue weighted by Gasteiger charge is 2.28. The SMILES string of the molecule is CCCCCCCCCCCCC(CCCCCCC)C(C(=O)O)c1ccccc1. The van der Waals surface area contributed by atoms with Crippen molar-refractivity contribution in [2.24, 2.45) is 5.92 Å². The van der Waals surface area contributed by atoms with Gasteiger partial charge in [0, 0.05) is 0 Å². The maximum Gasteiger partial charge on any atom is 0.311 e. The molecule has 0 aromatic heterocycles. The van der Waals surface area contributed by atoms with Crippen LogP contribution in [0, 0.1) is 5.92 Å². The van der Waals surface area contributed by atoms with Crippen molar-refractivity contribution >= 4 is 5.97 Å². The fourth-order valence-corrected chi connectivity index (χ4v) is 4.66. The summed E-state index contributed by atoms with van der Waals surface area (Å²) in [7, 11) is 0. The molecule has 0 heterocycles. The highest BCUT2D eigenvalue weighted by molar-refractivity contribution is 5.76. The maximum atomic E-state index is 12.2. The van der Waals surface area contributed by atoms with E-state index < -0.39 is 5.97 Å². The molecule has 1 aromatic rings. The van der Waals surface area contributed by atoms with E-state index in [1.807, 2.05) is 30.3 Å². The molecule has 172 valence electrons. The van der Waals surface area contributed by atoms with Crippen LogP contribution in [0.1, 0.15) is 134 Å². The molecular weight excluding hydrogens is 368 g/mol. The summed E-state index contributed by atoms with van der Waals surface area (Å²) >= 11 is 0. The zero-order valence-corrected chi connectivity index (χ0v) is 19.9. The van der Waals surface area contributed by atoms with Crippen LogP contribution in [-0.4, -0.2) is 11.1 Å². The quantitative estimate of drug-likeness (QED) is 0.215. The van der Waals surface area contributed by atoms with Gasteiger partial charge >= 0.3 is 5.97 Å². The van der Waals surface area contributed by atoms with Gasteiger partial charge < -0.3 is 5.11 Å². The number of carbonyl (C=O) groups is 1. The van der Waals surface area contributed by atoms with Crippen LogP contribution < -0.4 is 0 Å². The van der Waals surface area contributed by atoms with Gasteiger partial charge in [0.1, 0.15) is 0 Å². The highest BCUT2D eigenvalue weighted by Crippen LogP contribution is 2.33. The molecule has 0 bridgehead atoms. The first-order chi connectivity index (χ1) is 14.7. The Balaban J connectivity index is 2.44. The molecule has 2 atom stereocenters. The van der Waals surface area contributed by atoms with E-state index in [0.717, 1.165) is 18.4 Å². The van der Waals surface area contributed by atoms with E-state index >= 15 is 0 Å². The molecule has 2 nitrogen and oxygen atoms in total. The summed E-state index contributed by atoms with van der Waals surface area (Å²) in [6.07, 6.45) is 21.7. The Morgan fingerprint density at radius 2 is 1.07 bits per heavy atom. The van der Waals surface area contributed by atoms with Crippen molar-refractivity contribution in [3.05, 3.63) is 35.9 Å². The minimum absolute atomic E-state index is 0.264. The standard InChI is InChI=1S/C28H48O2/c1-3-5-7-9-10-11-12-13-15-18-22-25(21-17-14-8-6-4-2)27(28(29)30)26-23-19-16-20-24-26/h16,19-20,23-25,27H,3-15,17-18,21-22H2,1-2H3,(H,29,30). The van der Waals surface area contributed by atoms with E-state index in [4.69, 9.17) is 0 Å². The molecule has 0 aliphatic rings. The molecule has 2 heteroatoms. The molecule has 0 aliphatic carbocycles. The van der Waals surface area contributed by atoms with Gasteiger partial charge in [-0.25, -0.2) is 0 Å². The van der Waals surface area contributed by atoms with E-state index in [-0.39, 0.29) is 11.8 Å². The predicted molar refractivity (Wildman–Crippen MR) is 130 cm³/mol. The molecule has 0 saturated heterocycles. The second-order valence-corrected chi connectivity index (χ2v) is 9.16. The number of carboxylic acids is 1. The molecule has 2 unspecified atom stereocenters. The molecule has 1 aromatic carbocycles. The zero-order chi connectivity index (χ0) is 21.9. The van der Waals surface area contributed by atoms with E-state index in [0.29, 0.717) is 0 Å². The Morgan fingerprint density at radius 3 is 1.47 bits per heavy atom. The number of carboxylic acid groups (broad SMARTS) is 1. The van der Waals surface area contributed by atoms with Gasteiger partial charge in [-0.05, 0) is 24.3 Å². The summed E-state index contributed by atoms with van der Waals surface area (Å²) < 4.78 is 0. The van der Waals surface area contributed by atoms with Crippen LogP contribution in [0.25, 0.3) is 0 Å². The lowest BCUT2D eigenvalue weighted by molar-refractivity contribution is -0.140. The van der Waals surface area contributed by atoms with Crippen molar-refractivity contribution in [3.63, 3.8) is 0 Å². The number of aliphatic carboxylic acids is 1. The lowest BCUT2D eigenvalue weighted by Crippen LogP contribution is -2.22. The van der Waals surface area contributed by atoms with Gasteiger partial charge in [-0.3, -0.25) is 4.79 Å². The lowest BCUT2D eigenvalue weighted by Gasteiger charge is -2.25. The van der Waals surface area contributed by atoms with Crippen LogP contribution in [0.3, 0.4) is 0 Å². The Bertz CT molecular complexity index is 511. The molecule has 30 heavy (non-hydrogen) atoms. The normalized spacial score (nSPS) is 13.3. The summed E-state index contributed by atoms with van der Waals surface area (Å²) in [5.74, 6) is -0.733. The van der Waals surface area contributed by atoms with Crippen LogP contribution in [-0.2, 0) is 4.79 Å². The third kappa shape index (κ3) is 12.4. The van der Waals surface area contributed by atoms with Crippen LogP contribution >= 0.6 is 0 Å². The monoisotopic (exact) mass is 416 g/mol. The molecule has 0 amide bonds. The first kappa shape index (κ1) is 26.7. The molecule has 0 saturated carbocycles. The van der Waals surface area contributed by atoms with Crippen molar-refractivity contribution in [1.82, 2.24) is 0 Å². The summed E-state index contributed by atoms with van der Waals surface area (Å²) in [6, 6.07) is 9.93. The topological polar surface area (TPSA) is 37.3 Å². The minimum Gasteiger partial charge on any atom is -0.481 e.